The van der Waals surface area contributed by atoms with Crippen molar-refractivity contribution in [3.8, 4) is 11.5 Å². The highest BCUT2D eigenvalue weighted by Crippen LogP contribution is 2.35. The number of amides is 1. The highest BCUT2D eigenvalue weighted by Gasteiger charge is 2.35. The lowest BCUT2D eigenvalue weighted by Crippen LogP contribution is -2.45. The van der Waals surface area contributed by atoms with Gasteiger partial charge in [0.15, 0.2) is 11.5 Å². The Morgan fingerprint density at radius 2 is 1.54 bits per heavy atom. The number of sulfonamides is 1. The van der Waals surface area contributed by atoms with Crippen molar-refractivity contribution in [3.05, 3.63) is 83.9 Å². The van der Waals surface area contributed by atoms with Crippen LogP contribution in [0.1, 0.15) is 11.1 Å². The van der Waals surface area contributed by atoms with Gasteiger partial charge in [0.1, 0.15) is 6.04 Å². The van der Waals surface area contributed by atoms with E-state index in [1.54, 1.807) is 30.3 Å². The van der Waals surface area contributed by atoms with Gasteiger partial charge in [0, 0.05) is 6.07 Å². The second kappa shape index (κ2) is 10.8. The van der Waals surface area contributed by atoms with Crippen molar-refractivity contribution in [2.45, 2.75) is 23.5 Å². The zero-order valence-electron chi connectivity index (χ0n) is 18.8. The molecule has 1 unspecified atom stereocenters. The summed E-state index contributed by atoms with van der Waals surface area (Å²) in [6.07, 6.45) is -4.81. The maximum Gasteiger partial charge on any atom is 0.418 e. The average Bonchev–Trinajstić information content (AvgIpc) is 2.83. The van der Waals surface area contributed by atoms with Gasteiger partial charge in [0.05, 0.1) is 30.4 Å². The second-order valence-electron chi connectivity index (χ2n) is 7.41. The summed E-state index contributed by atoms with van der Waals surface area (Å²) in [7, 11) is -1.55. The lowest BCUT2D eigenvalue weighted by atomic mass is 10.1. The molecule has 35 heavy (non-hydrogen) atoms. The van der Waals surface area contributed by atoms with Crippen LogP contribution < -0.4 is 19.5 Å². The number of methoxy groups -OCH3 is 2. The highest BCUT2D eigenvalue weighted by atomic mass is 32.2. The molecule has 0 saturated heterocycles. The fraction of sp³-hybridized carbons (Fsp3) is 0.208. The predicted molar refractivity (Wildman–Crippen MR) is 124 cm³/mol. The predicted octanol–water partition coefficient (Wildman–Crippen LogP) is 4.25. The molecular weight excluding hydrogens is 485 g/mol. The Labute approximate surface area is 200 Å². The molecule has 0 heterocycles. The van der Waals surface area contributed by atoms with Crippen LogP contribution >= 0.6 is 0 Å². The number of benzene rings is 3. The molecular formula is C24H23F3N2O5S. The molecule has 0 fully saturated rings. The Kier molecular flexibility index (Phi) is 8.03. The Balaban J connectivity index is 1.94. The molecule has 0 aliphatic rings. The summed E-state index contributed by atoms with van der Waals surface area (Å²) in [5.41, 5.74) is -0.922. The SMILES string of the molecule is COc1ccc(S(=O)(=O)NC(Cc2ccccc2)C(=O)Nc2ccccc2C(F)(F)F)cc1OC. The first-order valence-electron chi connectivity index (χ1n) is 10.3. The monoisotopic (exact) mass is 508 g/mol. The Morgan fingerprint density at radius 1 is 0.914 bits per heavy atom. The largest absolute Gasteiger partial charge is 0.493 e. The Hall–Kier alpha value is -3.57. The summed E-state index contributed by atoms with van der Waals surface area (Å²) in [5.74, 6) is -0.498. The summed E-state index contributed by atoms with van der Waals surface area (Å²) < 4.78 is 79.0. The fourth-order valence-corrected chi connectivity index (χ4v) is 4.55. The minimum Gasteiger partial charge on any atom is -0.493 e. The van der Waals surface area contributed by atoms with Gasteiger partial charge in [-0.2, -0.15) is 17.9 Å². The van der Waals surface area contributed by atoms with Crippen LogP contribution in [0, 0.1) is 0 Å². The van der Waals surface area contributed by atoms with E-state index >= 15 is 0 Å². The van der Waals surface area contributed by atoms with Gasteiger partial charge >= 0.3 is 6.18 Å². The van der Waals surface area contributed by atoms with E-state index in [0.717, 1.165) is 12.1 Å². The molecule has 186 valence electrons. The van der Waals surface area contributed by atoms with Crippen LogP contribution in [0.2, 0.25) is 0 Å². The molecule has 7 nitrogen and oxygen atoms in total. The van der Waals surface area contributed by atoms with Crippen molar-refractivity contribution < 1.29 is 35.9 Å². The van der Waals surface area contributed by atoms with Crippen LogP contribution in [0.15, 0.2) is 77.7 Å². The smallest absolute Gasteiger partial charge is 0.418 e. The topological polar surface area (TPSA) is 93.7 Å². The van der Waals surface area contributed by atoms with Gasteiger partial charge in [0.2, 0.25) is 15.9 Å². The van der Waals surface area contributed by atoms with Crippen LogP contribution in [0.3, 0.4) is 0 Å². The number of carbonyl (C=O) groups is 1. The van der Waals surface area contributed by atoms with Crippen molar-refractivity contribution >= 4 is 21.6 Å². The van der Waals surface area contributed by atoms with Gasteiger partial charge < -0.3 is 14.8 Å². The minimum absolute atomic E-state index is 0.104. The number of rotatable bonds is 9. The lowest BCUT2D eigenvalue weighted by molar-refractivity contribution is -0.137. The first kappa shape index (κ1) is 26.0. The number of hydrogen-bond donors (Lipinski definition) is 2. The quantitative estimate of drug-likeness (QED) is 0.451. The third-order valence-electron chi connectivity index (χ3n) is 5.05. The maximum atomic E-state index is 13.4. The van der Waals surface area contributed by atoms with Gasteiger partial charge in [-0.25, -0.2) is 8.42 Å². The molecule has 2 N–H and O–H groups in total. The number of halogens is 3. The lowest BCUT2D eigenvalue weighted by Gasteiger charge is -2.21. The molecule has 0 aliphatic heterocycles. The maximum absolute atomic E-state index is 13.4. The van der Waals surface area contributed by atoms with Crippen LogP contribution in [0.25, 0.3) is 0 Å². The third-order valence-corrected chi connectivity index (χ3v) is 6.52. The van der Waals surface area contributed by atoms with Gasteiger partial charge in [-0.05, 0) is 36.2 Å². The van der Waals surface area contributed by atoms with E-state index in [4.69, 9.17) is 9.47 Å². The van der Waals surface area contributed by atoms with Crippen molar-refractivity contribution in [2.75, 3.05) is 19.5 Å². The van der Waals surface area contributed by atoms with Crippen molar-refractivity contribution in [1.29, 1.82) is 0 Å². The van der Waals surface area contributed by atoms with E-state index in [1.165, 1.54) is 44.6 Å². The number of ether oxygens (including phenoxy) is 2. The molecule has 1 amide bonds. The molecule has 0 saturated carbocycles. The molecule has 3 aromatic rings. The summed E-state index contributed by atoms with van der Waals surface area (Å²) in [5, 5.41) is 2.22. The zero-order valence-corrected chi connectivity index (χ0v) is 19.6. The molecule has 0 radical (unpaired) electrons. The average molecular weight is 509 g/mol. The first-order valence-corrected chi connectivity index (χ1v) is 11.8. The number of para-hydroxylation sites is 1. The molecule has 11 heteroatoms. The van der Waals surface area contributed by atoms with Gasteiger partial charge in [0.25, 0.3) is 0 Å². The van der Waals surface area contributed by atoms with Crippen molar-refractivity contribution in [2.24, 2.45) is 0 Å². The van der Waals surface area contributed by atoms with E-state index < -0.39 is 39.4 Å². The molecule has 1 atom stereocenters. The molecule has 0 aromatic heterocycles. The van der Waals surface area contributed by atoms with Crippen LogP contribution in [0.4, 0.5) is 18.9 Å². The molecule has 0 aliphatic carbocycles. The van der Waals surface area contributed by atoms with Gasteiger partial charge in [-0.3, -0.25) is 4.79 Å². The number of alkyl halides is 3. The summed E-state index contributed by atoms with van der Waals surface area (Å²) in [4.78, 5) is 12.9. The van der Waals surface area contributed by atoms with Crippen molar-refractivity contribution in [3.63, 3.8) is 0 Å². The third kappa shape index (κ3) is 6.52. The number of nitrogens with one attached hydrogen (secondary N) is 2. The van der Waals surface area contributed by atoms with Gasteiger partial charge in [-0.1, -0.05) is 42.5 Å². The van der Waals surface area contributed by atoms with E-state index in [2.05, 4.69) is 10.0 Å². The fourth-order valence-electron chi connectivity index (χ4n) is 3.34. The minimum atomic E-state index is -4.71. The van der Waals surface area contributed by atoms with Crippen LogP contribution in [-0.2, 0) is 27.4 Å². The van der Waals surface area contributed by atoms with E-state index in [-0.39, 0.29) is 17.1 Å². The summed E-state index contributed by atoms with van der Waals surface area (Å²) in [6, 6.07) is 15.4. The number of carbonyl (C=O) groups excluding carboxylic acids is 1. The molecule has 3 rings (SSSR count). The second-order valence-corrected chi connectivity index (χ2v) is 9.13. The Morgan fingerprint density at radius 3 is 2.17 bits per heavy atom. The zero-order chi connectivity index (χ0) is 25.6. The van der Waals surface area contributed by atoms with E-state index in [0.29, 0.717) is 11.3 Å². The van der Waals surface area contributed by atoms with Crippen LogP contribution in [0.5, 0.6) is 11.5 Å². The van der Waals surface area contributed by atoms with Gasteiger partial charge in [-0.15, -0.1) is 0 Å². The standard InChI is InChI=1S/C24H23F3N2O5S/c1-33-21-13-12-17(15-22(21)34-2)35(31,32)29-20(14-16-8-4-3-5-9-16)23(30)28-19-11-7-6-10-18(19)24(25,26)27/h3-13,15,20,29H,14H2,1-2H3,(H,28,30). The molecule has 0 bridgehead atoms. The molecule has 0 spiro atoms. The number of hydrogen-bond acceptors (Lipinski definition) is 5. The van der Waals surface area contributed by atoms with Crippen LogP contribution in [-0.4, -0.2) is 34.6 Å². The normalized spacial score (nSPS) is 12.6. The van der Waals surface area contributed by atoms with E-state index in [9.17, 15) is 26.4 Å². The summed E-state index contributed by atoms with van der Waals surface area (Å²) in [6.45, 7) is 0. The summed E-state index contributed by atoms with van der Waals surface area (Å²) >= 11 is 0. The number of anilines is 1. The Bertz CT molecular complexity index is 1280. The van der Waals surface area contributed by atoms with Crippen molar-refractivity contribution in [1.82, 2.24) is 4.72 Å². The first-order chi connectivity index (χ1) is 16.5. The molecule has 3 aromatic carbocycles. The highest BCUT2D eigenvalue weighted by molar-refractivity contribution is 7.89. The van der Waals surface area contributed by atoms with E-state index in [1.807, 2.05) is 0 Å².